The third-order valence-corrected chi connectivity index (χ3v) is 3.89. The monoisotopic (exact) mass is 270 g/mol. The lowest BCUT2D eigenvalue weighted by Crippen LogP contribution is -1.97. The lowest BCUT2D eigenvalue weighted by atomic mass is 10.1. The number of para-hydroxylation sites is 1. The van der Waals surface area contributed by atoms with Crippen LogP contribution in [0.4, 0.5) is 0 Å². The maximum Gasteiger partial charge on any atom is 0.229 e. The van der Waals surface area contributed by atoms with Crippen molar-refractivity contribution in [2.24, 2.45) is 0 Å². The van der Waals surface area contributed by atoms with Crippen LogP contribution in [-0.2, 0) is 0 Å². The second-order valence-electron chi connectivity index (χ2n) is 4.23. The van der Waals surface area contributed by atoms with Crippen molar-refractivity contribution in [3.8, 4) is 0 Å². The first-order chi connectivity index (χ1) is 9.15. The number of benzene rings is 1. The molecule has 0 aliphatic rings. The van der Waals surface area contributed by atoms with Crippen LogP contribution in [0.25, 0.3) is 11.0 Å². The highest BCUT2D eigenvalue weighted by Crippen LogP contribution is 2.23. The van der Waals surface area contributed by atoms with Crippen molar-refractivity contribution in [3.05, 3.63) is 58.0 Å². The molecule has 0 spiro atoms. The van der Waals surface area contributed by atoms with E-state index in [4.69, 9.17) is 4.42 Å². The molecule has 2 heterocycles. The molecule has 94 valence electrons. The van der Waals surface area contributed by atoms with E-state index in [1.165, 1.54) is 18.3 Å². The zero-order valence-electron chi connectivity index (χ0n) is 10.2. The molecule has 0 saturated carbocycles. The van der Waals surface area contributed by atoms with Crippen molar-refractivity contribution in [1.29, 1.82) is 0 Å². The minimum atomic E-state index is -0.194. The van der Waals surface area contributed by atoms with E-state index < -0.39 is 0 Å². The molecule has 0 N–H and O–H groups in total. The van der Waals surface area contributed by atoms with Crippen molar-refractivity contribution in [2.45, 2.75) is 6.92 Å². The standard InChI is InChI=1S/C15H10O3S/c1-9(16)14-7-11(8-19-14)15(17)13-6-10-4-2-3-5-12(10)18-13/h2-8H,1H3. The van der Waals surface area contributed by atoms with E-state index in [0.717, 1.165) is 5.39 Å². The van der Waals surface area contributed by atoms with Crippen LogP contribution in [0.5, 0.6) is 0 Å². The molecule has 3 nitrogen and oxygen atoms in total. The number of hydrogen-bond donors (Lipinski definition) is 0. The zero-order valence-corrected chi connectivity index (χ0v) is 11.0. The van der Waals surface area contributed by atoms with Gasteiger partial charge in [0.1, 0.15) is 5.58 Å². The van der Waals surface area contributed by atoms with Gasteiger partial charge in [-0.3, -0.25) is 9.59 Å². The van der Waals surface area contributed by atoms with Crippen molar-refractivity contribution in [2.75, 3.05) is 0 Å². The summed E-state index contributed by atoms with van der Waals surface area (Å²) < 4.78 is 5.52. The minimum absolute atomic E-state index is 0.0337. The number of hydrogen-bond acceptors (Lipinski definition) is 4. The zero-order chi connectivity index (χ0) is 13.4. The molecular formula is C15H10O3S. The van der Waals surface area contributed by atoms with Gasteiger partial charge in [-0.2, -0.15) is 0 Å². The third kappa shape index (κ3) is 2.11. The molecule has 0 atom stereocenters. The Balaban J connectivity index is 2.00. The van der Waals surface area contributed by atoms with Gasteiger partial charge in [-0.15, -0.1) is 11.3 Å². The Labute approximate surface area is 113 Å². The first-order valence-electron chi connectivity index (χ1n) is 5.78. The Morgan fingerprint density at radius 1 is 1.16 bits per heavy atom. The number of fused-ring (bicyclic) bond motifs is 1. The predicted octanol–water partition coefficient (Wildman–Crippen LogP) is 3.93. The molecule has 19 heavy (non-hydrogen) atoms. The fourth-order valence-electron chi connectivity index (χ4n) is 1.88. The second kappa shape index (κ2) is 4.48. The van der Waals surface area contributed by atoms with E-state index in [2.05, 4.69) is 0 Å². The van der Waals surface area contributed by atoms with Gasteiger partial charge >= 0.3 is 0 Å². The van der Waals surface area contributed by atoms with E-state index in [1.54, 1.807) is 17.5 Å². The summed E-state index contributed by atoms with van der Waals surface area (Å²) in [6.45, 7) is 1.49. The molecule has 0 fully saturated rings. The van der Waals surface area contributed by atoms with Crippen LogP contribution in [0.3, 0.4) is 0 Å². The molecule has 4 heteroatoms. The quantitative estimate of drug-likeness (QED) is 0.677. The summed E-state index contributed by atoms with van der Waals surface area (Å²) in [6.07, 6.45) is 0. The van der Waals surface area contributed by atoms with Crippen LogP contribution in [0.2, 0.25) is 0 Å². The van der Waals surface area contributed by atoms with E-state index >= 15 is 0 Å². The van der Waals surface area contributed by atoms with Crippen LogP contribution in [-0.4, -0.2) is 11.6 Å². The molecule has 2 aromatic heterocycles. The number of rotatable bonds is 3. The van der Waals surface area contributed by atoms with Crippen LogP contribution < -0.4 is 0 Å². The average Bonchev–Trinajstić information content (AvgIpc) is 3.04. The van der Waals surface area contributed by atoms with Gasteiger partial charge in [-0.25, -0.2) is 0 Å². The highest BCUT2D eigenvalue weighted by molar-refractivity contribution is 7.12. The summed E-state index contributed by atoms with van der Waals surface area (Å²) in [5.41, 5.74) is 1.18. The lowest BCUT2D eigenvalue weighted by Gasteiger charge is -1.91. The summed E-state index contributed by atoms with van der Waals surface area (Å²) in [5.74, 6) is 0.0720. The van der Waals surface area contributed by atoms with Crippen LogP contribution in [0.15, 0.2) is 46.2 Å². The molecule has 0 aliphatic heterocycles. The maximum atomic E-state index is 12.3. The highest BCUT2D eigenvalue weighted by Gasteiger charge is 2.17. The number of carbonyl (C=O) groups is 2. The second-order valence-corrected chi connectivity index (χ2v) is 5.14. The molecule has 0 unspecified atom stereocenters. The van der Waals surface area contributed by atoms with Crippen molar-refractivity contribution in [1.82, 2.24) is 0 Å². The van der Waals surface area contributed by atoms with E-state index in [0.29, 0.717) is 21.8 Å². The first-order valence-corrected chi connectivity index (χ1v) is 6.66. The van der Waals surface area contributed by atoms with E-state index in [1.807, 2.05) is 24.3 Å². The molecule has 0 saturated heterocycles. The van der Waals surface area contributed by atoms with Crippen molar-refractivity contribution >= 4 is 33.9 Å². The Morgan fingerprint density at radius 3 is 2.63 bits per heavy atom. The van der Waals surface area contributed by atoms with Gasteiger partial charge in [0.15, 0.2) is 11.5 Å². The molecule has 0 aliphatic carbocycles. The summed E-state index contributed by atoms with van der Waals surface area (Å²) in [6, 6.07) is 10.8. The molecule has 1 aromatic carbocycles. The van der Waals surface area contributed by atoms with Gasteiger partial charge in [0.25, 0.3) is 0 Å². The summed E-state index contributed by atoms with van der Waals surface area (Å²) >= 11 is 1.28. The van der Waals surface area contributed by atoms with Crippen molar-refractivity contribution in [3.63, 3.8) is 0 Å². The minimum Gasteiger partial charge on any atom is -0.453 e. The fraction of sp³-hybridized carbons (Fsp3) is 0.0667. The lowest BCUT2D eigenvalue weighted by molar-refractivity contribution is 0.101. The summed E-state index contributed by atoms with van der Waals surface area (Å²) in [5, 5.41) is 2.58. The average molecular weight is 270 g/mol. The van der Waals surface area contributed by atoms with Gasteiger partial charge in [-0.05, 0) is 25.1 Å². The number of thiophene rings is 1. The van der Waals surface area contributed by atoms with Gasteiger partial charge in [0.2, 0.25) is 5.78 Å². The highest BCUT2D eigenvalue weighted by atomic mass is 32.1. The third-order valence-electron chi connectivity index (χ3n) is 2.86. The molecule has 3 rings (SSSR count). The van der Waals surface area contributed by atoms with Gasteiger partial charge in [0, 0.05) is 16.3 Å². The predicted molar refractivity (Wildman–Crippen MR) is 74.0 cm³/mol. The molecule has 0 radical (unpaired) electrons. The maximum absolute atomic E-state index is 12.3. The van der Waals surface area contributed by atoms with E-state index in [9.17, 15) is 9.59 Å². The summed E-state index contributed by atoms with van der Waals surface area (Å²) in [4.78, 5) is 24.1. The molecule has 0 amide bonds. The molecule has 3 aromatic rings. The normalized spacial score (nSPS) is 10.8. The van der Waals surface area contributed by atoms with Gasteiger partial charge < -0.3 is 4.42 Å². The first kappa shape index (κ1) is 11.9. The van der Waals surface area contributed by atoms with Crippen molar-refractivity contribution < 1.29 is 14.0 Å². The Bertz CT molecular complexity index is 746. The van der Waals surface area contributed by atoms with Crippen LogP contribution >= 0.6 is 11.3 Å². The fourth-order valence-corrected chi connectivity index (χ4v) is 2.67. The number of furan rings is 1. The number of ketones is 2. The number of Topliss-reactive ketones (excluding diaryl/α,β-unsaturated/α-hetero) is 1. The Kier molecular flexibility index (Phi) is 2.80. The molecule has 0 bridgehead atoms. The Hall–Kier alpha value is -2.20. The largest absolute Gasteiger partial charge is 0.453 e. The topological polar surface area (TPSA) is 47.3 Å². The van der Waals surface area contributed by atoms with Gasteiger partial charge in [-0.1, -0.05) is 18.2 Å². The van der Waals surface area contributed by atoms with Gasteiger partial charge in [0.05, 0.1) is 4.88 Å². The Morgan fingerprint density at radius 2 is 1.95 bits per heavy atom. The van der Waals surface area contributed by atoms with Crippen LogP contribution in [0, 0.1) is 0 Å². The summed E-state index contributed by atoms with van der Waals surface area (Å²) in [7, 11) is 0. The smallest absolute Gasteiger partial charge is 0.229 e. The SMILES string of the molecule is CC(=O)c1cc(C(=O)c2cc3ccccc3o2)cs1. The molecular weight excluding hydrogens is 260 g/mol. The number of carbonyl (C=O) groups excluding carboxylic acids is 2. The van der Waals surface area contributed by atoms with E-state index in [-0.39, 0.29) is 11.6 Å². The van der Waals surface area contributed by atoms with Crippen LogP contribution in [0.1, 0.15) is 32.7 Å².